The smallest absolute Gasteiger partial charge is 0.183 e. The van der Waals surface area contributed by atoms with E-state index in [4.69, 9.17) is 0 Å². The Hall–Kier alpha value is -0.570. The van der Waals surface area contributed by atoms with E-state index >= 15 is 0 Å². The molecule has 1 saturated carbocycles. The second kappa shape index (κ2) is 3.66. The third-order valence-corrected chi connectivity index (χ3v) is 3.67. The monoisotopic (exact) mass is 196 g/mol. The summed E-state index contributed by atoms with van der Waals surface area (Å²) < 4.78 is 0. The van der Waals surface area contributed by atoms with Crippen LogP contribution in [0.2, 0.25) is 0 Å². The summed E-state index contributed by atoms with van der Waals surface area (Å²) in [4.78, 5) is 5.58. The van der Waals surface area contributed by atoms with Crippen molar-refractivity contribution in [2.24, 2.45) is 5.92 Å². The van der Waals surface area contributed by atoms with Crippen LogP contribution in [0.4, 0.5) is 5.13 Å². The van der Waals surface area contributed by atoms with Crippen molar-refractivity contribution in [3.63, 3.8) is 0 Å². The lowest BCUT2D eigenvalue weighted by atomic mass is 9.80. The summed E-state index contributed by atoms with van der Waals surface area (Å²) in [6.45, 7) is 4.36. The molecule has 2 rings (SSSR count). The largest absolute Gasteiger partial charge is 0.359 e. The molecule has 3 heteroatoms. The fourth-order valence-corrected chi connectivity index (χ4v) is 2.43. The van der Waals surface area contributed by atoms with Gasteiger partial charge in [0, 0.05) is 17.1 Å². The van der Waals surface area contributed by atoms with Crippen molar-refractivity contribution in [2.45, 2.75) is 39.2 Å². The lowest BCUT2D eigenvalue weighted by Crippen LogP contribution is -2.30. The summed E-state index contributed by atoms with van der Waals surface area (Å²) >= 11 is 1.75. The summed E-state index contributed by atoms with van der Waals surface area (Å²) in [6, 6.07) is 0.597. The molecule has 1 aliphatic carbocycles. The third kappa shape index (κ3) is 2.02. The van der Waals surface area contributed by atoms with Crippen LogP contribution in [0, 0.1) is 12.8 Å². The Bertz CT molecular complexity index is 278. The molecule has 1 heterocycles. The number of aryl methyl sites for hydroxylation is 1. The van der Waals surface area contributed by atoms with Crippen LogP contribution in [0.15, 0.2) is 6.20 Å². The van der Waals surface area contributed by atoms with Gasteiger partial charge in [-0.15, -0.1) is 11.3 Å². The summed E-state index contributed by atoms with van der Waals surface area (Å²) in [5.74, 6) is 0.879. The minimum absolute atomic E-state index is 0.597. The zero-order valence-electron chi connectivity index (χ0n) is 8.21. The number of rotatable bonds is 3. The number of hydrogen-bond donors (Lipinski definition) is 1. The normalized spacial score (nSPS) is 19.5. The van der Waals surface area contributed by atoms with Gasteiger partial charge in [0.25, 0.3) is 0 Å². The first-order valence-corrected chi connectivity index (χ1v) is 5.76. The molecule has 0 aliphatic heterocycles. The highest BCUT2D eigenvalue weighted by atomic mass is 32.1. The minimum Gasteiger partial charge on any atom is -0.359 e. The van der Waals surface area contributed by atoms with Crippen molar-refractivity contribution < 1.29 is 0 Å². The maximum Gasteiger partial charge on any atom is 0.183 e. The summed E-state index contributed by atoms with van der Waals surface area (Å²) in [5, 5.41) is 4.55. The zero-order chi connectivity index (χ0) is 9.26. The molecule has 1 atom stereocenters. The van der Waals surface area contributed by atoms with Crippen LogP contribution in [0.25, 0.3) is 0 Å². The van der Waals surface area contributed by atoms with E-state index in [0.717, 1.165) is 11.0 Å². The van der Waals surface area contributed by atoms with Crippen LogP contribution in [0.5, 0.6) is 0 Å². The highest BCUT2D eigenvalue weighted by Gasteiger charge is 2.24. The van der Waals surface area contributed by atoms with Crippen LogP contribution in [-0.4, -0.2) is 11.0 Å². The van der Waals surface area contributed by atoms with Gasteiger partial charge in [0.1, 0.15) is 0 Å². The molecule has 0 spiro atoms. The minimum atomic E-state index is 0.597. The average Bonchev–Trinajstić information content (AvgIpc) is 2.31. The SMILES string of the molecule is Cc1cnc(N[C@@H](C)C2CCC2)s1. The van der Waals surface area contributed by atoms with Gasteiger partial charge in [-0.1, -0.05) is 6.42 Å². The van der Waals surface area contributed by atoms with E-state index in [9.17, 15) is 0 Å². The first-order chi connectivity index (χ1) is 6.25. The quantitative estimate of drug-likeness (QED) is 0.803. The fraction of sp³-hybridized carbons (Fsp3) is 0.700. The van der Waals surface area contributed by atoms with Gasteiger partial charge in [0.05, 0.1) is 0 Å². The molecule has 1 aromatic heterocycles. The summed E-state index contributed by atoms with van der Waals surface area (Å²) in [7, 11) is 0. The number of anilines is 1. The summed E-state index contributed by atoms with van der Waals surface area (Å²) in [6.07, 6.45) is 6.12. The molecule has 0 bridgehead atoms. The predicted octanol–water partition coefficient (Wildman–Crippen LogP) is 3.05. The number of nitrogens with one attached hydrogen (secondary N) is 1. The molecule has 0 aromatic carbocycles. The van der Waals surface area contributed by atoms with Gasteiger partial charge >= 0.3 is 0 Å². The Labute approximate surface area is 83.4 Å². The van der Waals surface area contributed by atoms with Crippen molar-refractivity contribution in [3.05, 3.63) is 11.1 Å². The van der Waals surface area contributed by atoms with Gasteiger partial charge < -0.3 is 5.32 Å². The summed E-state index contributed by atoms with van der Waals surface area (Å²) in [5.41, 5.74) is 0. The molecule has 0 amide bonds. The second-order valence-corrected chi connectivity index (χ2v) is 5.13. The fourth-order valence-electron chi connectivity index (χ4n) is 1.67. The van der Waals surface area contributed by atoms with E-state index in [-0.39, 0.29) is 0 Å². The Morgan fingerprint density at radius 2 is 2.38 bits per heavy atom. The highest BCUT2D eigenvalue weighted by molar-refractivity contribution is 7.15. The number of hydrogen-bond acceptors (Lipinski definition) is 3. The lowest BCUT2D eigenvalue weighted by Gasteiger charge is -2.31. The van der Waals surface area contributed by atoms with E-state index in [2.05, 4.69) is 24.1 Å². The number of aromatic nitrogens is 1. The van der Waals surface area contributed by atoms with E-state index < -0.39 is 0 Å². The lowest BCUT2D eigenvalue weighted by molar-refractivity contribution is 0.285. The standard InChI is InChI=1S/C10H16N2S/c1-7-6-11-10(13-7)12-8(2)9-4-3-5-9/h6,8-9H,3-5H2,1-2H3,(H,11,12)/t8-/m0/s1. The Balaban J connectivity index is 1.89. The van der Waals surface area contributed by atoms with Crippen LogP contribution in [-0.2, 0) is 0 Å². The molecule has 0 saturated heterocycles. The van der Waals surface area contributed by atoms with Crippen LogP contribution >= 0.6 is 11.3 Å². The van der Waals surface area contributed by atoms with Gasteiger partial charge in [0.15, 0.2) is 5.13 Å². The van der Waals surface area contributed by atoms with Gasteiger partial charge in [-0.25, -0.2) is 4.98 Å². The maximum absolute atomic E-state index is 4.30. The third-order valence-electron chi connectivity index (χ3n) is 2.83. The zero-order valence-corrected chi connectivity index (χ0v) is 9.03. The van der Waals surface area contributed by atoms with Crippen LogP contribution < -0.4 is 5.32 Å². The first-order valence-electron chi connectivity index (χ1n) is 4.94. The first kappa shape index (κ1) is 9.00. The van der Waals surface area contributed by atoms with Crippen LogP contribution in [0.3, 0.4) is 0 Å². The van der Waals surface area contributed by atoms with Crippen molar-refractivity contribution in [2.75, 3.05) is 5.32 Å². The van der Waals surface area contributed by atoms with E-state index in [1.807, 2.05) is 6.20 Å². The van der Waals surface area contributed by atoms with Crippen molar-refractivity contribution in [3.8, 4) is 0 Å². The average molecular weight is 196 g/mol. The second-order valence-electron chi connectivity index (χ2n) is 3.90. The van der Waals surface area contributed by atoms with Gasteiger partial charge in [-0.05, 0) is 32.6 Å². The molecule has 72 valence electrons. The molecule has 0 unspecified atom stereocenters. The van der Waals surface area contributed by atoms with E-state index in [1.54, 1.807) is 11.3 Å². The van der Waals surface area contributed by atoms with Gasteiger partial charge in [-0.2, -0.15) is 0 Å². The van der Waals surface area contributed by atoms with Gasteiger partial charge in [-0.3, -0.25) is 0 Å². The molecule has 1 aromatic rings. The molecule has 2 nitrogen and oxygen atoms in total. The Kier molecular flexibility index (Phi) is 2.54. The molecule has 13 heavy (non-hydrogen) atoms. The maximum atomic E-state index is 4.30. The van der Waals surface area contributed by atoms with E-state index in [1.165, 1.54) is 24.1 Å². The Morgan fingerprint density at radius 1 is 1.62 bits per heavy atom. The van der Waals surface area contributed by atoms with Crippen molar-refractivity contribution in [1.29, 1.82) is 0 Å². The number of nitrogens with zero attached hydrogens (tertiary/aromatic N) is 1. The molecule has 1 aliphatic rings. The molecule has 1 fully saturated rings. The van der Waals surface area contributed by atoms with Gasteiger partial charge in [0.2, 0.25) is 0 Å². The molecule has 1 N–H and O–H groups in total. The van der Waals surface area contributed by atoms with Crippen molar-refractivity contribution >= 4 is 16.5 Å². The number of thiazole rings is 1. The van der Waals surface area contributed by atoms with E-state index in [0.29, 0.717) is 6.04 Å². The van der Waals surface area contributed by atoms with Crippen molar-refractivity contribution in [1.82, 2.24) is 4.98 Å². The Morgan fingerprint density at radius 3 is 2.85 bits per heavy atom. The molecule has 0 radical (unpaired) electrons. The highest BCUT2D eigenvalue weighted by Crippen LogP contribution is 2.31. The molecular weight excluding hydrogens is 180 g/mol. The molecular formula is C10H16N2S. The van der Waals surface area contributed by atoms with Crippen LogP contribution in [0.1, 0.15) is 31.1 Å². The predicted molar refractivity (Wildman–Crippen MR) is 57.3 cm³/mol. The topological polar surface area (TPSA) is 24.9 Å².